The first-order valence-corrected chi connectivity index (χ1v) is 5.60. The molecule has 0 aliphatic heterocycles. The molecular formula is C12H17BrO. The van der Waals surface area contributed by atoms with E-state index in [1.807, 2.05) is 6.07 Å². The maximum absolute atomic E-state index is 9.20. The molecule has 1 aromatic rings. The number of benzene rings is 1. The average Bonchev–Trinajstić information content (AvgIpc) is 2.11. The SMILES string of the molecule is Cc1ccc(Br)cc1CC(C)(C)CO. The van der Waals surface area contributed by atoms with Crippen molar-refractivity contribution in [2.75, 3.05) is 6.61 Å². The first-order valence-electron chi connectivity index (χ1n) is 4.80. The van der Waals surface area contributed by atoms with E-state index in [0.29, 0.717) is 0 Å². The van der Waals surface area contributed by atoms with Gasteiger partial charge < -0.3 is 5.11 Å². The lowest BCUT2D eigenvalue weighted by molar-refractivity contribution is 0.159. The van der Waals surface area contributed by atoms with Crippen molar-refractivity contribution in [3.8, 4) is 0 Å². The molecule has 78 valence electrons. The Bertz CT molecular complexity index is 318. The highest BCUT2D eigenvalue weighted by atomic mass is 79.9. The Morgan fingerprint density at radius 2 is 2.00 bits per heavy atom. The van der Waals surface area contributed by atoms with Crippen LogP contribution in [-0.2, 0) is 6.42 Å². The molecule has 0 aromatic heterocycles. The van der Waals surface area contributed by atoms with Gasteiger partial charge in [-0.25, -0.2) is 0 Å². The van der Waals surface area contributed by atoms with E-state index in [-0.39, 0.29) is 12.0 Å². The van der Waals surface area contributed by atoms with Gasteiger partial charge in [0.05, 0.1) is 0 Å². The van der Waals surface area contributed by atoms with E-state index in [4.69, 9.17) is 0 Å². The van der Waals surface area contributed by atoms with Gasteiger partial charge in [-0.1, -0.05) is 35.8 Å². The van der Waals surface area contributed by atoms with Gasteiger partial charge in [0.15, 0.2) is 0 Å². The van der Waals surface area contributed by atoms with Crippen molar-refractivity contribution in [1.82, 2.24) is 0 Å². The fourth-order valence-corrected chi connectivity index (χ4v) is 1.81. The molecule has 0 aliphatic rings. The molecule has 0 atom stereocenters. The quantitative estimate of drug-likeness (QED) is 0.880. The van der Waals surface area contributed by atoms with Crippen molar-refractivity contribution in [2.45, 2.75) is 27.2 Å². The molecule has 0 heterocycles. The van der Waals surface area contributed by atoms with E-state index in [1.54, 1.807) is 0 Å². The monoisotopic (exact) mass is 256 g/mol. The molecule has 1 aromatic carbocycles. The maximum atomic E-state index is 9.20. The fraction of sp³-hybridized carbons (Fsp3) is 0.500. The first-order chi connectivity index (χ1) is 6.44. The molecule has 0 spiro atoms. The Morgan fingerprint density at radius 3 is 2.57 bits per heavy atom. The molecule has 14 heavy (non-hydrogen) atoms. The summed E-state index contributed by atoms with van der Waals surface area (Å²) < 4.78 is 1.10. The lowest BCUT2D eigenvalue weighted by atomic mass is 9.85. The van der Waals surface area contributed by atoms with E-state index >= 15 is 0 Å². The van der Waals surface area contributed by atoms with Crippen molar-refractivity contribution in [3.63, 3.8) is 0 Å². The largest absolute Gasteiger partial charge is 0.396 e. The second-order valence-corrected chi connectivity index (χ2v) is 5.49. The fourth-order valence-electron chi connectivity index (χ4n) is 1.40. The van der Waals surface area contributed by atoms with Gasteiger partial charge in [-0.2, -0.15) is 0 Å². The molecule has 1 N–H and O–H groups in total. The number of aliphatic hydroxyl groups is 1. The summed E-state index contributed by atoms with van der Waals surface area (Å²) in [4.78, 5) is 0. The van der Waals surface area contributed by atoms with Crippen LogP contribution in [0.1, 0.15) is 25.0 Å². The molecule has 0 saturated heterocycles. The minimum absolute atomic E-state index is 0.0362. The Hall–Kier alpha value is -0.340. The third-order valence-electron chi connectivity index (χ3n) is 2.41. The van der Waals surface area contributed by atoms with Gasteiger partial charge in [-0.05, 0) is 42.0 Å². The second kappa shape index (κ2) is 4.45. The van der Waals surface area contributed by atoms with E-state index < -0.39 is 0 Å². The van der Waals surface area contributed by atoms with Crippen molar-refractivity contribution < 1.29 is 5.11 Å². The molecule has 0 amide bonds. The third kappa shape index (κ3) is 3.10. The van der Waals surface area contributed by atoms with Crippen molar-refractivity contribution >= 4 is 15.9 Å². The lowest BCUT2D eigenvalue weighted by Crippen LogP contribution is -2.20. The van der Waals surface area contributed by atoms with E-state index in [9.17, 15) is 5.11 Å². The van der Waals surface area contributed by atoms with Gasteiger partial charge in [0.2, 0.25) is 0 Å². The predicted molar refractivity (Wildman–Crippen MR) is 63.4 cm³/mol. The van der Waals surface area contributed by atoms with Crippen LogP contribution in [0, 0.1) is 12.3 Å². The number of rotatable bonds is 3. The highest BCUT2D eigenvalue weighted by Gasteiger charge is 2.18. The lowest BCUT2D eigenvalue weighted by Gasteiger charge is -2.22. The summed E-state index contributed by atoms with van der Waals surface area (Å²) in [6, 6.07) is 6.28. The number of aliphatic hydroxyl groups excluding tert-OH is 1. The molecule has 0 fully saturated rings. The molecule has 1 nitrogen and oxygen atoms in total. The van der Waals surface area contributed by atoms with Gasteiger partial charge >= 0.3 is 0 Å². The van der Waals surface area contributed by atoms with Gasteiger partial charge in [-0.15, -0.1) is 0 Å². The van der Waals surface area contributed by atoms with Crippen LogP contribution >= 0.6 is 15.9 Å². The summed E-state index contributed by atoms with van der Waals surface area (Å²) in [5.41, 5.74) is 2.55. The normalized spacial score (nSPS) is 11.8. The highest BCUT2D eigenvalue weighted by Crippen LogP contribution is 2.25. The molecule has 1 rings (SSSR count). The summed E-state index contributed by atoms with van der Waals surface area (Å²) in [6.45, 7) is 6.48. The van der Waals surface area contributed by atoms with Crippen LogP contribution < -0.4 is 0 Å². The number of halogens is 1. The van der Waals surface area contributed by atoms with Crippen LogP contribution in [-0.4, -0.2) is 11.7 Å². The van der Waals surface area contributed by atoms with Gasteiger partial charge in [0.25, 0.3) is 0 Å². The minimum atomic E-state index is -0.0362. The zero-order valence-electron chi connectivity index (χ0n) is 8.97. The van der Waals surface area contributed by atoms with Gasteiger partial charge in [0, 0.05) is 11.1 Å². The van der Waals surface area contributed by atoms with E-state index in [0.717, 1.165) is 10.9 Å². The van der Waals surface area contributed by atoms with E-state index in [2.05, 4.69) is 48.8 Å². The van der Waals surface area contributed by atoms with Crippen LogP contribution in [0.5, 0.6) is 0 Å². The van der Waals surface area contributed by atoms with Crippen LogP contribution in [0.2, 0.25) is 0 Å². The molecule has 2 heteroatoms. The Balaban J connectivity index is 2.91. The zero-order valence-corrected chi connectivity index (χ0v) is 10.6. The summed E-state index contributed by atoms with van der Waals surface area (Å²) in [5.74, 6) is 0. The van der Waals surface area contributed by atoms with Crippen LogP contribution in [0.25, 0.3) is 0 Å². The molecule has 0 radical (unpaired) electrons. The molecular weight excluding hydrogens is 240 g/mol. The average molecular weight is 257 g/mol. The van der Waals surface area contributed by atoms with Crippen molar-refractivity contribution in [2.24, 2.45) is 5.41 Å². The Kier molecular flexibility index (Phi) is 3.73. The minimum Gasteiger partial charge on any atom is -0.396 e. The van der Waals surface area contributed by atoms with Crippen LogP contribution in [0.4, 0.5) is 0 Å². The first kappa shape index (κ1) is 11.7. The zero-order chi connectivity index (χ0) is 10.8. The molecule has 0 saturated carbocycles. The van der Waals surface area contributed by atoms with Crippen molar-refractivity contribution in [1.29, 1.82) is 0 Å². The van der Waals surface area contributed by atoms with Gasteiger partial charge in [-0.3, -0.25) is 0 Å². The van der Waals surface area contributed by atoms with E-state index in [1.165, 1.54) is 11.1 Å². The predicted octanol–water partition coefficient (Wildman–Crippen LogP) is 3.32. The molecule has 0 bridgehead atoms. The number of aryl methyl sites for hydroxylation is 1. The van der Waals surface area contributed by atoms with Crippen LogP contribution in [0.3, 0.4) is 0 Å². The van der Waals surface area contributed by atoms with Gasteiger partial charge in [0.1, 0.15) is 0 Å². The number of hydrogen-bond donors (Lipinski definition) is 1. The standard InChI is InChI=1S/C12H17BrO/c1-9-4-5-11(13)6-10(9)7-12(2,3)8-14/h4-6,14H,7-8H2,1-3H3. The topological polar surface area (TPSA) is 20.2 Å². The number of hydrogen-bond acceptors (Lipinski definition) is 1. The Morgan fingerprint density at radius 1 is 1.36 bits per heavy atom. The second-order valence-electron chi connectivity index (χ2n) is 4.57. The summed E-state index contributed by atoms with van der Waals surface area (Å²) >= 11 is 3.46. The summed E-state index contributed by atoms with van der Waals surface area (Å²) in [7, 11) is 0. The molecule has 0 unspecified atom stereocenters. The molecule has 0 aliphatic carbocycles. The van der Waals surface area contributed by atoms with Crippen molar-refractivity contribution in [3.05, 3.63) is 33.8 Å². The summed E-state index contributed by atoms with van der Waals surface area (Å²) in [6.07, 6.45) is 0.911. The summed E-state index contributed by atoms with van der Waals surface area (Å²) in [5, 5.41) is 9.20. The smallest absolute Gasteiger partial charge is 0.0485 e. The Labute approximate surface area is 94.3 Å². The highest BCUT2D eigenvalue weighted by molar-refractivity contribution is 9.10. The third-order valence-corrected chi connectivity index (χ3v) is 2.90. The van der Waals surface area contributed by atoms with Crippen LogP contribution in [0.15, 0.2) is 22.7 Å². The maximum Gasteiger partial charge on any atom is 0.0485 e.